The molecule has 2 aromatic rings. The lowest BCUT2D eigenvalue weighted by molar-refractivity contribution is -0.146. The Balaban J connectivity index is 1.45. The molecule has 13 nitrogen and oxygen atoms in total. The Morgan fingerprint density at radius 3 is 2.53 bits per heavy atom. The van der Waals surface area contributed by atoms with Gasteiger partial charge in [0.05, 0.1) is 24.3 Å². The fraction of sp³-hybridized carbons (Fsp3) is 0.594. The second-order valence-corrected chi connectivity index (χ2v) is 13.3. The van der Waals surface area contributed by atoms with Crippen molar-refractivity contribution in [1.29, 1.82) is 0 Å². The molecule has 3 aliphatic rings. The van der Waals surface area contributed by atoms with Crippen LogP contribution >= 0.6 is 0 Å². The van der Waals surface area contributed by atoms with E-state index in [0.29, 0.717) is 17.7 Å². The highest BCUT2D eigenvalue weighted by Crippen LogP contribution is 2.47. The molecule has 0 spiro atoms. The molecule has 5 rings (SSSR count). The molecular formula is C32H42N4O9. The van der Waals surface area contributed by atoms with Crippen LogP contribution in [0.4, 0.5) is 4.79 Å². The number of aliphatic carboxylic acids is 1. The third kappa shape index (κ3) is 7.30. The predicted octanol–water partition coefficient (Wildman–Crippen LogP) is 2.12. The van der Waals surface area contributed by atoms with Crippen molar-refractivity contribution in [2.24, 2.45) is 5.92 Å². The van der Waals surface area contributed by atoms with Crippen LogP contribution in [0, 0.1) is 5.92 Å². The van der Waals surface area contributed by atoms with Crippen molar-refractivity contribution in [1.82, 2.24) is 20.5 Å². The van der Waals surface area contributed by atoms with Gasteiger partial charge in [0, 0.05) is 18.0 Å². The van der Waals surface area contributed by atoms with Gasteiger partial charge >= 0.3 is 12.1 Å². The summed E-state index contributed by atoms with van der Waals surface area (Å²) in [6, 6.07) is 6.94. The number of amides is 3. The van der Waals surface area contributed by atoms with Gasteiger partial charge in [-0.3, -0.25) is 14.6 Å². The first-order chi connectivity index (χ1) is 21.3. The summed E-state index contributed by atoms with van der Waals surface area (Å²) >= 11 is 0. The number of benzene rings is 1. The molecule has 13 heteroatoms. The lowest BCUT2D eigenvalue weighted by Crippen LogP contribution is -2.56. The maximum atomic E-state index is 14.2. The van der Waals surface area contributed by atoms with Crippen molar-refractivity contribution >= 4 is 34.8 Å². The number of aliphatic hydroxyl groups is 2. The molecule has 7 atom stereocenters. The minimum Gasteiger partial charge on any atom is -0.488 e. The number of para-hydroxylation sites is 1. The van der Waals surface area contributed by atoms with Crippen LogP contribution in [0.3, 0.4) is 0 Å². The van der Waals surface area contributed by atoms with Crippen molar-refractivity contribution in [2.75, 3.05) is 6.54 Å². The van der Waals surface area contributed by atoms with Crippen LogP contribution < -0.4 is 15.4 Å². The monoisotopic (exact) mass is 626 g/mol. The first-order valence-corrected chi connectivity index (χ1v) is 15.5. The quantitative estimate of drug-likeness (QED) is 0.336. The Kier molecular flexibility index (Phi) is 9.22. The number of rotatable bonds is 4. The highest BCUT2D eigenvalue weighted by atomic mass is 16.6. The minimum atomic E-state index is -1.54. The number of alkyl carbamates (subject to hydrolysis) is 1. The van der Waals surface area contributed by atoms with E-state index in [1.807, 2.05) is 24.3 Å². The van der Waals surface area contributed by atoms with Crippen molar-refractivity contribution < 1.29 is 44.0 Å². The van der Waals surface area contributed by atoms with E-state index in [4.69, 9.17) is 9.47 Å². The normalized spacial score (nSPS) is 31.1. The molecule has 6 unspecified atom stereocenters. The number of nitrogens with zero attached hydrogens (tertiary/aromatic N) is 2. The second-order valence-electron chi connectivity index (χ2n) is 13.3. The SMILES string of the molecule is CC(C)(C)OC(=O)NC1CCCC(O)C(O)CCC2CC2(C(=O)O)NC(=O)C2C[C@@H](Oc3ccnc4ccccc34)CN2C1=O. The number of aliphatic hydroxyl groups excluding tert-OH is 2. The smallest absolute Gasteiger partial charge is 0.408 e. The summed E-state index contributed by atoms with van der Waals surface area (Å²) < 4.78 is 11.7. The van der Waals surface area contributed by atoms with Gasteiger partial charge < -0.3 is 40.3 Å². The minimum absolute atomic E-state index is 0.00487. The standard InChI is InChI=1S/C32H42N4O9/c1-31(2,3)45-30(43)34-22-9-6-10-24(37)25(38)12-11-18-16-32(18,29(41)42)35-27(39)23-15-19(17-36(23)28(22)40)44-26-13-14-33-21-8-5-4-7-20(21)26/h4-5,7-8,13-14,18-19,22-25,37-38H,6,9-12,15-17H2,1-3H3,(H,34,43)(H,35,39)(H,41,42)/t18?,19-,22?,23?,24?,25?,32?/m1/s1. The molecule has 3 heterocycles. The van der Waals surface area contributed by atoms with Crippen molar-refractivity contribution in [2.45, 2.75) is 107 Å². The topological polar surface area (TPSA) is 188 Å². The van der Waals surface area contributed by atoms with Crippen LogP contribution in [0.15, 0.2) is 36.5 Å². The van der Waals surface area contributed by atoms with E-state index < -0.39 is 71.3 Å². The van der Waals surface area contributed by atoms with E-state index in [1.165, 1.54) is 4.90 Å². The van der Waals surface area contributed by atoms with Gasteiger partial charge in [0.25, 0.3) is 0 Å². The van der Waals surface area contributed by atoms with Gasteiger partial charge in [-0.2, -0.15) is 0 Å². The Labute approximate surface area is 261 Å². The third-order valence-corrected chi connectivity index (χ3v) is 8.82. The Morgan fingerprint density at radius 1 is 1.07 bits per heavy atom. The third-order valence-electron chi connectivity index (χ3n) is 8.82. The molecule has 244 valence electrons. The number of hydrogen-bond acceptors (Lipinski definition) is 9. The molecular weight excluding hydrogens is 584 g/mol. The zero-order valence-corrected chi connectivity index (χ0v) is 25.8. The summed E-state index contributed by atoms with van der Waals surface area (Å²) in [5, 5.41) is 37.3. The first kappa shape index (κ1) is 32.4. The predicted molar refractivity (Wildman–Crippen MR) is 161 cm³/mol. The van der Waals surface area contributed by atoms with E-state index in [9.17, 15) is 34.5 Å². The summed E-state index contributed by atoms with van der Waals surface area (Å²) in [7, 11) is 0. The molecule has 2 saturated heterocycles. The van der Waals surface area contributed by atoms with Gasteiger partial charge in [-0.1, -0.05) is 12.1 Å². The lowest BCUT2D eigenvalue weighted by Gasteiger charge is -2.30. The van der Waals surface area contributed by atoms with E-state index >= 15 is 0 Å². The van der Waals surface area contributed by atoms with Crippen molar-refractivity contribution in [3.63, 3.8) is 0 Å². The molecule has 1 aromatic carbocycles. The summed E-state index contributed by atoms with van der Waals surface area (Å²) in [5.74, 6) is -2.30. The molecule has 0 bridgehead atoms. The number of carbonyl (C=O) groups excluding carboxylic acids is 3. The Bertz CT molecular complexity index is 1440. The van der Waals surface area contributed by atoms with E-state index in [1.54, 1.807) is 33.0 Å². The van der Waals surface area contributed by atoms with E-state index in [2.05, 4.69) is 15.6 Å². The first-order valence-electron chi connectivity index (χ1n) is 15.5. The Morgan fingerprint density at radius 2 is 1.80 bits per heavy atom. The van der Waals surface area contributed by atoms with Crippen LogP contribution in [0.2, 0.25) is 0 Å². The summed E-state index contributed by atoms with van der Waals surface area (Å²) in [5.41, 5.74) is -1.65. The van der Waals surface area contributed by atoms with E-state index in [0.717, 1.165) is 5.39 Å². The number of ether oxygens (including phenoxy) is 2. The zero-order chi connectivity index (χ0) is 32.5. The van der Waals surface area contributed by atoms with Gasteiger partial charge in [-0.05, 0) is 83.4 Å². The van der Waals surface area contributed by atoms with Crippen LogP contribution in [0.1, 0.15) is 65.7 Å². The second kappa shape index (κ2) is 12.8. The molecule has 1 aromatic heterocycles. The number of pyridine rings is 1. The van der Waals surface area contributed by atoms with Crippen molar-refractivity contribution in [3.05, 3.63) is 36.5 Å². The van der Waals surface area contributed by atoms with Crippen molar-refractivity contribution in [3.8, 4) is 5.75 Å². The molecule has 45 heavy (non-hydrogen) atoms. The van der Waals surface area contributed by atoms with E-state index in [-0.39, 0.29) is 45.1 Å². The highest BCUT2D eigenvalue weighted by molar-refractivity contribution is 5.96. The van der Waals surface area contributed by atoms with Crippen LogP contribution in [0.25, 0.3) is 10.9 Å². The maximum absolute atomic E-state index is 14.2. The van der Waals surface area contributed by atoms with Crippen LogP contribution in [0.5, 0.6) is 5.75 Å². The lowest BCUT2D eigenvalue weighted by atomic mass is 9.99. The fourth-order valence-electron chi connectivity index (χ4n) is 6.37. The molecule has 2 aliphatic heterocycles. The molecule has 5 N–H and O–H groups in total. The number of carbonyl (C=O) groups is 4. The van der Waals surface area contributed by atoms with Gasteiger partial charge in [0.1, 0.15) is 35.1 Å². The highest BCUT2D eigenvalue weighted by Gasteiger charge is 2.62. The molecule has 1 aliphatic carbocycles. The number of carboxylic acid groups (broad SMARTS) is 1. The molecule has 0 radical (unpaired) electrons. The Hall–Kier alpha value is -3.97. The zero-order valence-electron chi connectivity index (χ0n) is 25.8. The van der Waals surface area contributed by atoms with Gasteiger partial charge in [0.15, 0.2) is 0 Å². The maximum Gasteiger partial charge on any atom is 0.408 e. The van der Waals surface area contributed by atoms with Gasteiger partial charge in [-0.15, -0.1) is 0 Å². The largest absolute Gasteiger partial charge is 0.488 e. The summed E-state index contributed by atoms with van der Waals surface area (Å²) in [4.78, 5) is 58.9. The van der Waals surface area contributed by atoms with Gasteiger partial charge in [0.2, 0.25) is 11.8 Å². The number of nitrogens with one attached hydrogen (secondary N) is 2. The molecule has 3 amide bonds. The van der Waals surface area contributed by atoms with Crippen LogP contribution in [-0.4, -0.2) is 97.2 Å². The fourth-order valence-corrected chi connectivity index (χ4v) is 6.37. The number of hydrogen-bond donors (Lipinski definition) is 5. The summed E-state index contributed by atoms with van der Waals surface area (Å²) in [6.45, 7) is 5.08. The average molecular weight is 627 g/mol. The molecule has 1 saturated carbocycles. The summed E-state index contributed by atoms with van der Waals surface area (Å²) in [6.07, 6.45) is -0.794. The number of fused-ring (bicyclic) bond motifs is 3. The number of carboxylic acids is 1. The average Bonchev–Trinajstić information content (AvgIpc) is 3.52. The van der Waals surface area contributed by atoms with Crippen LogP contribution in [-0.2, 0) is 19.1 Å². The number of aromatic nitrogens is 1. The molecule has 3 fully saturated rings. The van der Waals surface area contributed by atoms with Gasteiger partial charge in [-0.25, -0.2) is 9.59 Å².